The summed E-state index contributed by atoms with van der Waals surface area (Å²) in [6.07, 6.45) is 1.55. The summed E-state index contributed by atoms with van der Waals surface area (Å²) in [5, 5.41) is 11.6. The molecule has 2 aromatic carbocycles. The number of carboxylic acids is 1. The predicted molar refractivity (Wildman–Crippen MR) is 131 cm³/mol. The third kappa shape index (κ3) is 6.37. The van der Waals surface area contributed by atoms with Crippen LogP contribution in [0.15, 0.2) is 48.5 Å². The molecular weight excluding hydrogens is 432 g/mol. The molecule has 7 heteroatoms. The number of amides is 2. The second kappa shape index (κ2) is 12.2. The summed E-state index contributed by atoms with van der Waals surface area (Å²) < 4.78 is 5.61. The summed E-state index contributed by atoms with van der Waals surface area (Å²) in [5.74, 6) is -0.891. The van der Waals surface area contributed by atoms with Crippen LogP contribution in [0.1, 0.15) is 63.0 Å². The van der Waals surface area contributed by atoms with E-state index in [-0.39, 0.29) is 37.3 Å². The Kier molecular flexibility index (Phi) is 9.08. The third-order valence-corrected chi connectivity index (χ3v) is 6.38. The smallest absolute Gasteiger partial charge is 0.407 e. The molecule has 34 heavy (non-hydrogen) atoms. The Bertz CT molecular complexity index is 961. The Hall–Kier alpha value is -3.35. The average Bonchev–Trinajstić information content (AvgIpc) is 3.15. The summed E-state index contributed by atoms with van der Waals surface area (Å²) in [5.41, 5.74) is 4.65. The fourth-order valence-electron chi connectivity index (χ4n) is 4.48. The van der Waals surface area contributed by atoms with Gasteiger partial charge in [0.25, 0.3) is 0 Å². The van der Waals surface area contributed by atoms with Gasteiger partial charge in [-0.15, -0.1) is 0 Å². The molecule has 1 aliphatic rings. The average molecular weight is 467 g/mol. The normalized spacial score (nSPS) is 13.0. The van der Waals surface area contributed by atoms with Gasteiger partial charge in [-0.1, -0.05) is 55.5 Å². The molecule has 0 radical (unpaired) electrons. The van der Waals surface area contributed by atoms with Crippen molar-refractivity contribution in [3.63, 3.8) is 0 Å². The molecule has 1 atom stereocenters. The number of aliphatic carboxylic acids is 1. The van der Waals surface area contributed by atoms with Gasteiger partial charge in [-0.25, -0.2) is 4.79 Å². The molecule has 0 bridgehead atoms. The maximum absolute atomic E-state index is 12.7. The fraction of sp³-hybridized carbons (Fsp3) is 0.444. The quantitative estimate of drug-likeness (QED) is 0.438. The number of nitrogens with zero attached hydrogens (tertiary/aromatic N) is 1. The number of rotatable bonds is 12. The molecule has 0 unspecified atom stereocenters. The standard InChI is InChI=1S/C27H34N2O5/c1-3-19(17-25(30)29(4-2)16-10-9-15-26(31)32)28-27(33)34-18-24-22-13-7-5-11-20(22)21-12-6-8-14-23(21)24/h5-8,11-14,19,24H,3-4,9-10,15-18H2,1-2H3,(H,28,33)(H,31,32)/t19-/m0/s1. The van der Waals surface area contributed by atoms with Gasteiger partial charge in [0.05, 0.1) is 0 Å². The van der Waals surface area contributed by atoms with E-state index in [1.54, 1.807) is 4.90 Å². The number of carbonyl (C=O) groups is 3. The van der Waals surface area contributed by atoms with Crippen molar-refractivity contribution >= 4 is 18.0 Å². The van der Waals surface area contributed by atoms with Crippen molar-refractivity contribution in [2.24, 2.45) is 0 Å². The highest BCUT2D eigenvalue weighted by Gasteiger charge is 2.29. The van der Waals surface area contributed by atoms with Crippen LogP contribution >= 0.6 is 0 Å². The first-order valence-electron chi connectivity index (χ1n) is 12.1. The van der Waals surface area contributed by atoms with E-state index < -0.39 is 12.1 Å². The Labute approximate surface area is 201 Å². The van der Waals surface area contributed by atoms with Crippen molar-refractivity contribution in [3.8, 4) is 11.1 Å². The highest BCUT2D eigenvalue weighted by atomic mass is 16.5. The van der Waals surface area contributed by atoms with E-state index in [0.717, 1.165) is 11.1 Å². The third-order valence-electron chi connectivity index (χ3n) is 6.38. The first-order chi connectivity index (χ1) is 16.4. The van der Waals surface area contributed by atoms with Crippen LogP contribution in [-0.2, 0) is 14.3 Å². The molecule has 1 aliphatic carbocycles. The summed E-state index contributed by atoms with van der Waals surface area (Å²) in [6, 6.07) is 16.0. The van der Waals surface area contributed by atoms with Crippen LogP contribution in [0.2, 0.25) is 0 Å². The van der Waals surface area contributed by atoms with Gasteiger partial charge in [0.1, 0.15) is 6.61 Å². The SMILES string of the molecule is CC[C@@H](CC(=O)N(CC)CCCCC(=O)O)NC(=O)OCC1c2ccccc2-c2ccccc21. The molecule has 0 aromatic heterocycles. The Morgan fingerprint density at radius 1 is 1.00 bits per heavy atom. The number of nitrogens with one attached hydrogen (secondary N) is 1. The monoisotopic (exact) mass is 466 g/mol. The topological polar surface area (TPSA) is 95.9 Å². The first-order valence-corrected chi connectivity index (χ1v) is 12.1. The zero-order valence-corrected chi connectivity index (χ0v) is 20.0. The second-order valence-electron chi connectivity index (χ2n) is 8.60. The molecule has 0 aliphatic heterocycles. The van der Waals surface area contributed by atoms with E-state index in [0.29, 0.717) is 32.4 Å². The fourth-order valence-corrected chi connectivity index (χ4v) is 4.48. The van der Waals surface area contributed by atoms with Gasteiger partial charge in [-0.3, -0.25) is 9.59 Å². The minimum atomic E-state index is -0.826. The van der Waals surface area contributed by atoms with Crippen LogP contribution in [0.5, 0.6) is 0 Å². The summed E-state index contributed by atoms with van der Waals surface area (Å²) >= 11 is 0. The van der Waals surface area contributed by atoms with Crippen molar-refractivity contribution in [1.82, 2.24) is 10.2 Å². The highest BCUT2D eigenvalue weighted by molar-refractivity contribution is 5.79. The van der Waals surface area contributed by atoms with Crippen molar-refractivity contribution < 1.29 is 24.2 Å². The van der Waals surface area contributed by atoms with Gasteiger partial charge >= 0.3 is 12.1 Å². The van der Waals surface area contributed by atoms with E-state index in [1.165, 1.54) is 11.1 Å². The molecule has 182 valence electrons. The van der Waals surface area contributed by atoms with E-state index >= 15 is 0 Å². The Morgan fingerprint density at radius 3 is 2.18 bits per heavy atom. The maximum Gasteiger partial charge on any atom is 0.407 e. The number of carbonyl (C=O) groups excluding carboxylic acids is 2. The predicted octanol–water partition coefficient (Wildman–Crippen LogP) is 4.80. The van der Waals surface area contributed by atoms with Crippen molar-refractivity contribution in [1.29, 1.82) is 0 Å². The largest absolute Gasteiger partial charge is 0.481 e. The zero-order valence-electron chi connectivity index (χ0n) is 20.0. The summed E-state index contributed by atoms with van der Waals surface area (Å²) in [6.45, 7) is 5.12. The molecule has 0 saturated carbocycles. The van der Waals surface area contributed by atoms with Crippen molar-refractivity contribution in [2.75, 3.05) is 19.7 Å². The molecule has 2 aromatic rings. The first kappa shape index (κ1) is 25.3. The second-order valence-corrected chi connectivity index (χ2v) is 8.60. The lowest BCUT2D eigenvalue weighted by molar-refractivity contribution is -0.137. The number of hydrogen-bond acceptors (Lipinski definition) is 4. The van der Waals surface area contributed by atoms with Crippen LogP contribution < -0.4 is 5.32 Å². The Morgan fingerprint density at radius 2 is 1.62 bits per heavy atom. The van der Waals surface area contributed by atoms with Crippen LogP contribution in [-0.4, -0.2) is 53.7 Å². The van der Waals surface area contributed by atoms with Crippen LogP contribution in [0.25, 0.3) is 11.1 Å². The molecular formula is C27H34N2O5. The number of ether oxygens (including phenoxy) is 1. The van der Waals surface area contributed by atoms with Gasteiger partial charge < -0.3 is 20.1 Å². The number of unbranched alkanes of at least 4 members (excludes halogenated alkanes) is 1. The number of hydrogen-bond donors (Lipinski definition) is 2. The van der Waals surface area contributed by atoms with Gasteiger partial charge in [0, 0.05) is 37.9 Å². The number of fused-ring (bicyclic) bond motifs is 3. The van der Waals surface area contributed by atoms with Crippen LogP contribution in [0, 0.1) is 0 Å². The lowest BCUT2D eigenvalue weighted by atomic mass is 9.98. The van der Waals surface area contributed by atoms with E-state index in [4.69, 9.17) is 9.84 Å². The molecule has 2 N–H and O–H groups in total. The van der Waals surface area contributed by atoms with Gasteiger partial charge in [0.2, 0.25) is 5.91 Å². The zero-order chi connectivity index (χ0) is 24.5. The van der Waals surface area contributed by atoms with Gasteiger partial charge in [0.15, 0.2) is 0 Å². The molecule has 0 fully saturated rings. The highest BCUT2D eigenvalue weighted by Crippen LogP contribution is 2.44. The molecule has 0 saturated heterocycles. The van der Waals surface area contributed by atoms with E-state index in [2.05, 4.69) is 29.6 Å². The van der Waals surface area contributed by atoms with Crippen LogP contribution in [0.4, 0.5) is 4.79 Å². The summed E-state index contributed by atoms with van der Waals surface area (Å²) in [4.78, 5) is 37.7. The molecule has 2 amide bonds. The minimum Gasteiger partial charge on any atom is -0.481 e. The van der Waals surface area contributed by atoms with Gasteiger partial charge in [-0.2, -0.15) is 0 Å². The molecule has 7 nitrogen and oxygen atoms in total. The lowest BCUT2D eigenvalue weighted by Crippen LogP contribution is -2.41. The number of carboxylic acid groups (broad SMARTS) is 1. The number of benzene rings is 2. The summed E-state index contributed by atoms with van der Waals surface area (Å²) in [7, 11) is 0. The maximum atomic E-state index is 12.7. The number of alkyl carbamates (subject to hydrolysis) is 1. The van der Waals surface area contributed by atoms with E-state index in [9.17, 15) is 14.4 Å². The minimum absolute atomic E-state index is 0.0127. The Balaban J connectivity index is 1.52. The van der Waals surface area contributed by atoms with Crippen molar-refractivity contribution in [3.05, 3.63) is 59.7 Å². The van der Waals surface area contributed by atoms with Crippen molar-refractivity contribution in [2.45, 2.75) is 57.9 Å². The van der Waals surface area contributed by atoms with Crippen LogP contribution in [0.3, 0.4) is 0 Å². The van der Waals surface area contributed by atoms with E-state index in [1.807, 2.05) is 38.1 Å². The molecule has 0 heterocycles. The van der Waals surface area contributed by atoms with Gasteiger partial charge in [-0.05, 0) is 48.4 Å². The lowest BCUT2D eigenvalue weighted by Gasteiger charge is -2.24. The molecule has 3 rings (SSSR count). The molecule has 0 spiro atoms.